The number of nitriles is 2. The van der Waals surface area contributed by atoms with Gasteiger partial charge in [0.25, 0.3) is 5.91 Å². The van der Waals surface area contributed by atoms with E-state index in [1.54, 1.807) is 0 Å². The highest BCUT2D eigenvalue weighted by Crippen LogP contribution is 2.40. The van der Waals surface area contributed by atoms with Gasteiger partial charge < -0.3 is 9.88 Å². The second kappa shape index (κ2) is 7.41. The summed E-state index contributed by atoms with van der Waals surface area (Å²) in [5.74, 6) is 1.58. The van der Waals surface area contributed by atoms with Crippen LogP contribution in [0.5, 0.6) is 0 Å². The number of carbonyl (C=O) groups is 1. The Labute approximate surface area is 180 Å². The standard InChI is InChI=1S/C25H21N5O/c1-15-2-5-19(10-21(15)23-22(12-27)28-24(29-23)18-8-9-18)25(31)30-13-20(14-30)17-6-3-16(11-26)4-7-17/h2-7,10,18,20H,8-9,13-14H2,1H3,(H,28,29). The van der Waals surface area contributed by atoms with Gasteiger partial charge in [0, 0.05) is 36.1 Å². The molecule has 6 heteroatoms. The van der Waals surface area contributed by atoms with Crippen molar-refractivity contribution in [2.45, 2.75) is 31.6 Å². The maximum absolute atomic E-state index is 13.1. The molecule has 1 saturated carbocycles. The number of H-pyrrole nitrogens is 1. The van der Waals surface area contributed by atoms with Crippen molar-refractivity contribution in [3.05, 3.63) is 76.2 Å². The van der Waals surface area contributed by atoms with Crippen molar-refractivity contribution < 1.29 is 4.79 Å². The van der Waals surface area contributed by atoms with Gasteiger partial charge in [-0.15, -0.1) is 0 Å². The predicted octanol–water partition coefficient (Wildman–Crippen LogP) is 4.25. The summed E-state index contributed by atoms with van der Waals surface area (Å²) in [6.07, 6.45) is 2.20. The zero-order valence-corrected chi connectivity index (χ0v) is 17.2. The molecular formula is C25H21N5O. The fraction of sp³-hybridized carbons (Fsp3) is 0.280. The average Bonchev–Trinajstić information content (AvgIpc) is 3.52. The molecular weight excluding hydrogens is 386 g/mol. The van der Waals surface area contributed by atoms with Crippen LogP contribution >= 0.6 is 0 Å². The third-order valence-corrected chi connectivity index (χ3v) is 6.23. The molecule has 1 amide bonds. The maximum atomic E-state index is 13.1. The lowest BCUT2D eigenvalue weighted by Gasteiger charge is -2.39. The van der Waals surface area contributed by atoms with Gasteiger partial charge in [0.05, 0.1) is 17.3 Å². The second-order valence-corrected chi connectivity index (χ2v) is 8.40. The van der Waals surface area contributed by atoms with E-state index in [4.69, 9.17) is 5.26 Å². The number of likely N-dealkylation sites (tertiary alicyclic amines) is 1. The Kier molecular flexibility index (Phi) is 4.56. The van der Waals surface area contributed by atoms with E-state index in [1.165, 1.54) is 0 Å². The van der Waals surface area contributed by atoms with E-state index in [9.17, 15) is 10.1 Å². The van der Waals surface area contributed by atoms with E-state index < -0.39 is 0 Å². The van der Waals surface area contributed by atoms with Crippen molar-refractivity contribution in [1.82, 2.24) is 14.9 Å². The monoisotopic (exact) mass is 407 g/mol. The highest BCUT2D eigenvalue weighted by Gasteiger charge is 2.33. The third kappa shape index (κ3) is 3.47. The van der Waals surface area contributed by atoms with Crippen LogP contribution in [0.2, 0.25) is 0 Å². The number of hydrogen-bond donors (Lipinski definition) is 1. The fourth-order valence-electron chi connectivity index (χ4n) is 4.11. The lowest BCUT2D eigenvalue weighted by molar-refractivity contribution is 0.0602. The Balaban J connectivity index is 1.35. The summed E-state index contributed by atoms with van der Waals surface area (Å²) in [5, 5.41) is 18.5. The second-order valence-electron chi connectivity index (χ2n) is 8.40. The molecule has 31 heavy (non-hydrogen) atoms. The SMILES string of the molecule is Cc1ccc(C(=O)N2CC(c3ccc(C#N)cc3)C2)cc1-c1[nH]c(C2CC2)nc1C#N. The molecule has 1 aliphatic carbocycles. The number of carbonyl (C=O) groups excluding carboxylic acids is 1. The number of amides is 1. The first-order valence-corrected chi connectivity index (χ1v) is 10.5. The predicted molar refractivity (Wildman–Crippen MR) is 115 cm³/mol. The summed E-state index contributed by atoms with van der Waals surface area (Å²) in [7, 11) is 0. The van der Waals surface area contributed by atoms with Crippen molar-refractivity contribution in [2.75, 3.05) is 13.1 Å². The smallest absolute Gasteiger partial charge is 0.253 e. The van der Waals surface area contributed by atoms with Crippen LogP contribution in [0, 0.1) is 29.6 Å². The highest BCUT2D eigenvalue weighted by atomic mass is 16.2. The molecule has 1 saturated heterocycles. The van der Waals surface area contributed by atoms with E-state index in [2.05, 4.69) is 22.1 Å². The van der Waals surface area contributed by atoms with Crippen LogP contribution in [-0.4, -0.2) is 33.9 Å². The van der Waals surface area contributed by atoms with Crippen LogP contribution in [0.3, 0.4) is 0 Å². The minimum Gasteiger partial charge on any atom is -0.341 e. The summed E-state index contributed by atoms with van der Waals surface area (Å²) in [6.45, 7) is 3.30. The molecule has 2 heterocycles. The Morgan fingerprint density at radius 3 is 2.45 bits per heavy atom. The average molecular weight is 407 g/mol. The van der Waals surface area contributed by atoms with Crippen LogP contribution < -0.4 is 0 Å². The molecule has 1 aliphatic heterocycles. The lowest BCUT2D eigenvalue weighted by Crippen LogP contribution is -2.48. The van der Waals surface area contributed by atoms with Gasteiger partial charge in [0.1, 0.15) is 11.9 Å². The molecule has 0 spiro atoms. The molecule has 0 bridgehead atoms. The Morgan fingerprint density at radius 1 is 1.06 bits per heavy atom. The van der Waals surface area contributed by atoms with Crippen LogP contribution in [-0.2, 0) is 0 Å². The molecule has 2 aliphatic rings. The van der Waals surface area contributed by atoms with E-state index in [1.807, 2.05) is 54.3 Å². The first-order chi connectivity index (χ1) is 15.1. The van der Waals surface area contributed by atoms with Crippen LogP contribution in [0.1, 0.15) is 63.2 Å². The molecule has 152 valence electrons. The van der Waals surface area contributed by atoms with Crippen LogP contribution in [0.4, 0.5) is 0 Å². The quantitative estimate of drug-likeness (QED) is 0.699. The number of aromatic amines is 1. The number of benzene rings is 2. The van der Waals surface area contributed by atoms with Gasteiger partial charge in [0.2, 0.25) is 0 Å². The molecule has 6 nitrogen and oxygen atoms in total. The first kappa shape index (κ1) is 19.1. The fourth-order valence-corrected chi connectivity index (χ4v) is 4.11. The molecule has 0 atom stereocenters. The van der Waals surface area contributed by atoms with Crippen molar-refractivity contribution in [3.8, 4) is 23.4 Å². The Bertz CT molecular complexity index is 1250. The minimum absolute atomic E-state index is 0.00779. The largest absolute Gasteiger partial charge is 0.341 e. The van der Waals surface area contributed by atoms with E-state index in [0.29, 0.717) is 47.4 Å². The van der Waals surface area contributed by atoms with Gasteiger partial charge in [-0.2, -0.15) is 10.5 Å². The zero-order chi connectivity index (χ0) is 21.5. The van der Waals surface area contributed by atoms with Crippen molar-refractivity contribution in [2.24, 2.45) is 0 Å². The van der Waals surface area contributed by atoms with Crippen LogP contribution in [0.25, 0.3) is 11.3 Å². The van der Waals surface area contributed by atoms with E-state index in [0.717, 1.165) is 35.4 Å². The Hall–Kier alpha value is -3.90. The Morgan fingerprint density at radius 2 is 1.81 bits per heavy atom. The summed E-state index contributed by atoms with van der Waals surface area (Å²) in [4.78, 5) is 22.7. The van der Waals surface area contributed by atoms with Gasteiger partial charge in [-0.05, 0) is 55.2 Å². The zero-order valence-electron chi connectivity index (χ0n) is 17.2. The number of aromatic nitrogens is 2. The summed E-state index contributed by atoms with van der Waals surface area (Å²) in [5.41, 5.74) is 5.35. The maximum Gasteiger partial charge on any atom is 0.253 e. The minimum atomic E-state index is -0.00779. The summed E-state index contributed by atoms with van der Waals surface area (Å²) < 4.78 is 0. The van der Waals surface area contributed by atoms with Gasteiger partial charge in [-0.25, -0.2) is 4.98 Å². The molecule has 1 N–H and O–H groups in total. The number of nitrogens with one attached hydrogen (secondary N) is 1. The molecule has 1 aromatic heterocycles. The topological polar surface area (TPSA) is 96.6 Å². The highest BCUT2D eigenvalue weighted by molar-refractivity contribution is 5.96. The third-order valence-electron chi connectivity index (χ3n) is 6.23. The van der Waals surface area contributed by atoms with Gasteiger partial charge >= 0.3 is 0 Å². The number of aryl methyl sites for hydroxylation is 1. The number of hydrogen-bond acceptors (Lipinski definition) is 4. The normalized spacial score (nSPS) is 15.8. The molecule has 3 aromatic rings. The number of imidazole rings is 1. The molecule has 0 radical (unpaired) electrons. The first-order valence-electron chi connectivity index (χ1n) is 10.5. The molecule has 5 rings (SSSR count). The molecule has 0 unspecified atom stereocenters. The molecule has 2 fully saturated rings. The van der Waals surface area contributed by atoms with Crippen molar-refractivity contribution >= 4 is 5.91 Å². The lowest BCUT2D eigenvalue weighted by atomic mass is 9.90. The summed E-state index contributed by atoms with van der Waals surface area (Å²) >= 11 is 0. The number of rotatable bonds is 4. The van der Waals surface area contributed by atoms with Gasteiger partial charge in [-0.3, -0.25) is 4.79 Å². The van der Waals surface area contributed by atoms with Gasteiger partial charge in [-0.1, -0.05) is 18.2 Å². The van der Waals surface area contributed by atoms with Crippen LogP contribution in [0.15, 0.2) is 42.5 Å². The summed E-state index contributed by atoms with van der Waals surface area (Å²) in [6, 6.07) is 17.5. The van der Waals surface area contributed by atoms with E-state index >= 15 is 0 Å². The van der Waals surface area contributed by atoms with Crippen molar-refractivity contribution in [1.29, 1.82) is 10.5 Å². The van der Waals surface area contributed by atoms with Crippen molar-refractivity contribution in [3.63, 3.8) is 0 Å². The van der Waals surface area contributed by atoms with E-state index in [-0.39, 0.29) is 5.91 Å². The number of nitrogens with zero attached hydrogens (tertiary/aromatic N) is 4. The molecule has 2 aromatic carbocycles. The van der Waals surface area contributed by atoms with Gasteiger partial charge in [0.15, 0.2) is 5.69 Å².